The normalized spacial score (nSPS) is 20.2. The summed E-state index contributed by atoms with van der Waals surface area (Å²) >= 11 is 0. The number of likely N-dealkylation sites (N-methyl/N-ethyl adjacent to an activating group) is 1. The molecule has 3 atom stereocenters. The van der Waals surface area contributed by atoms with Crippen LogP contribution in [-0.4, -0.2) is 66.0 Å². The van der Waals surface area contributed by atoms with Crippen LogP contribution in [0.1, 0.15) is 71.8 Å². The van der Waals surface area contributed by atoms with E-state index in [4.69, 9.17) is 4.74 Å². The Morgan fingerprint density at radius 3 is 2.50 bits per heavy atom. The minimum absolute atomic E-state index is 0.0158. The minimum atomic E-state index is -1.12. The van der Waals surface area contributed by atoms with E-state index in [2.05, 4.69) is 35.6 Å². The molecular weight excluding hydrogens is 462 g/mol. The number of esters is 1. The predicted octanol–water partition coefficient (Wildman–Crippen LogP) is 2.87. The van der Waals surface area contributed by atoms with Crippen LogP contribution in [0.5, 0.6) is 5.75 Å². The highest BCUT2D eigenvalue weighted by molar-refractivity contribution is 5.86. The van der Waals surface area contributed by atoms with Crippen molar-refractivity contribution in [2.24, 2.45) is 5.92 Å². The number of carboxylic acids is 1. The number of hydrogen-bond acceptors (Lipinski definition) is 6. The average molecular weight is 504 g/mol. The van der Waals surface area contributed by atoms with Crippen molar-refractivity contribution >= 4 is 23.8 Å². The van der Waals surface area contributed by atoms with E-state index in [-0.39, 0.29) is 24.2 Å². The standard InChI is InChI=1S/C27H41N3O6/c1-6-27(14-7-8-15-30(5)17-27)20-10-9-11-21(16-20)36-26(35)22(28-19(4)31)12-13-23(32)29-24(18(2)3)25(33)34/h9-11,16,18,22,24H,6-8,12-15,17H2,1-5H3,(H,28,31)(H,29,32)(H,33,34). The Morgan fingerprint density at radius 1 is 1.17 bits per heavy atom. The van der Waals surface area contributed by atoms with Crippen LogP contribution >= 0.6 is 0 Å². The first-order chi connectivity index (χ1) is 17.0. The lowest BCUT2D eigenvalue weighted by Gasteiger charge is -2.35. The minimum Gasteiger partial charge on any atom is -0.480 e. The molecule has 9 nitrogen and oxygen atoms in total. The van der Waals surface area contributed by atoms with Gasteiger partial charge in [-0.25, -0.2) is 9.59 Å². The first-order valence-corrected chi connectivity index (χ1v) is 12.8. The Morgan fingerprint density at radius 2 is 1.89 bits per heavy atom. The molecule has 36 heavy (non-hydrogen) atoms. The molecule has 1 aromatic rings. The SMILES string of the molecule is CCC1(c2cccc(OC(=O)C(CCC(=O)NC(C(=O)O)C(C)C)NC(C)=O)c2)CCCCN(C)C1. The smallest absolute Gasteiger partial charge is 0.334 e. The number of benzene rings is 1. The Bertz CT molecular complexity index is 934. The van der Waals surface area contributed by atoms with Gasteiger partial charge in [0, 0.05) is 25.3 Å². The number of amides is 2. The summed E-state index contributed by atoms with van der Waals surface area (Å²) in [5, 5.41) is 14.3. The molecule has 1 heterocycles. The highest BCUT2D eigenvalue weighted by atomic mass is 16.5. The fourth-order valence-corrected chi connectivity index (χ4v) is 4.85. The molecule has 0 radical (unpaired) electrons. The van der Waals surface area contributed by atoms with Crippen LogP contribution in [0.2, 0.25) is 0 Å². The highest BCUT2D eigenvalue weighted by Crippen LogP contribution is 2.37. The molecule has 0 spiro atoms. The van der Waals surface area contributed by atoms with Gasteiger partial charge in [0.15, 0.2) is 0 Å². The number of nitrogens with zero attached hydrogens (tertiary/aromatic N) is 1. The van der Waals surface area contributed by atoms with Crippen molar-refractivity contribution in [3.63, 3.8) is 0 Å². The van der Waals surface area contributed by atoms with Crippen LogP contribution < -0.4 is 15.4 Å². The third-order valence-electron chi connectivity index (χ3n) is 6.93. The van der Waals surface area contributed by atoms with E-state index in [1.807, 2.05) is 12.1 Å². The Kier molecular flexibility index (Phi) is 10.9. The van der Waals surface area contributed by atoms with E-state index in [9.17, 15) is 24.3 Å². The third-order valence-corrected chi connectivity index (χ3v) is 6.93. The second-order valence-corrected chi connectivity index (χ2v) is 10.2. The molecule has 9 heteroatoms. The van der Waals surface area contributed by atoms with E-state index in [1.165, 1.54) is 6.92 Å². The number of ether oxygens (including phenoxy) is 1. The van der Waals surface area contributed by atoms with E-state index in [0.29, 0.717) is 5.75 Å². The fraction of sp³-hybridized carbons (Fsp3) is 0.630. The first-order valence-electron chi connectivity index (χ1n) is 12.8. The Labute approximate surface area is 214 Å². The van der Waals surface area contributed by atoms with Gasteiger partial charge in [0.1, 0.15) is 17.8 Å². The fourth-order valence-electron chi connectivity index (χ4n) is 4.85. The van der Waals surface area contributed by atoms with Crippen molar-refractivity contribution in [1.29, 1.82) is 0 Å². The molecule has 1 fully saturated rings. The summed E-state index contributed by atoms with van der Waals surface area (Å²) in [5.74, 6) is -2.64. The van der Waals surface area contributed by atoms with Crippen molar-refractivity contribution in [2.45, 2.75) is 83.7 Å². The summed E-state index contributed by atoms with van der Waals surface area (Å²) < 4.78 is 5.65. The van der Waals surface area contributed by atoms with Crippen LogP contribution in [-0.2, 0) is 24.6 Å². The van der Waals surface area contributed by atoms with Crippen LogP contribution in [0.15, 0.2) is 24.3 Å². The van der Waals surface area contributed by atoms with Crippen LogP contribution in [0.4, 0.5) is 0 Å². The maximum Gasteiger partial charge on any atom is 0.334 e. The molecule has 2 rings (SSSR count). The van der Waals surface area contributed by atoms with Gasteiger partial charge in [0.05, 0.1) is 0 Å². The molecule has 2 amide bonds. The lowest BCUT2D eigenvalue weighted by atomic mass is 9.74. The quantitative estimate of drug-likeness (QED) is 0.313. The van der Waals surface area contributed by atoms with E-state index >= 15 is 0 Å². The molecule has 1 aliphatic rings. The molecule has 1 saturated heterocycles. The van der Waals surface area contributed by atoms with Gasteiger partial charge in [0.25, 0.3) is 0 Å². The van der Waals surface area contributed by atoms with Gasteiger partial charge < -0.3 is 25.4 Å². The lowest BCUT2D eigenvalue weighted by Crippen LogP contribution is -2.46. The zero-order chi connectivity index (χ0) is 26.9. The topological polar surface area (TPSA) is 125 Å². The van der Waals surface area contributed by atoms with Gasteiger partial charge in [-0.05, 0) is 62.9 Å². The summed E-state index contributed by atoms with van der Waals surface area (Å²) in [6.07, 6.45) is 4.16. The van der Waals surface area contributed by atoms with Crippen molar-refractivity contribution in [1.82, 2.24) is 15.5 Å². The molecule has 0 saturated carbocycles. The van der Waals surface area contributed by atoms with Crippen molar-refractivity contribution < 1.29 is 29.0 Å². The molecule has 200 valence electrons. The van der Waals surface area contributed by atoms with E-state index in [1.54, 1.807) is 19.9 Å². The number of carboxylic acid groups (broad SMARTS) is 1. The molecule has 0 aliphatic carbocycles. The molecule has 1 aromatic carbocycles. The van der Waals surface area contributed by atoms with Gasteiger partial charge >= 0.3 is 11.9 Å². The number of nitrogens with one attached hydrogen (secondary N) is 2. The monoisotopic (exact) mass is 503 g/mol. The van der Waals surface area contributed by atoms with Gasteiger partial charge in [-0.2, -0.15) is 0 Å². The zero-order valence-corrected chi connectivity index (χ0v) is 22.1. The van der Waals surface area contributed by atoms with Crippen molar-refractivity contribution in [3.8, 4) is 5.75 Å². The lowest BCUT2D eigenvalue weighted by molar-refractivity contribution is -0.143. The van der Waals surface area contributed by atoms with E-state index in [0.717, 1.165) is 44.3 Å². The Balaban J connectivity index is 2.12. The summed E-state index contributed by atoms with van der Waals surface area (Å²) in [6, 6.07) is 5.49. The van der Waals surface area contributed by atoms with Gasteiger partial charge in [-0.15, -0.1) is 0 Å². The van der Waals surface area contributed by atoms with Crippen molar-refractivity contribution in [3.05, 3.63) is 29.8 Å². The van der Waals surface area contributed by atoms with E-state index < -0.39 is 35.8 Å². The molecular formula is C27H41N3O6. The molecule has 1 aliphatic heterocycles. The predicted molar refractivity (Wildman–Crippen MR) is 137 cm³/mol. The molecule has 0 bridgehead atoms. The largest absolute Gasteiger partial charge is 0.480 e. The molecule has 0 aromatic heterocycles. The summed E-state index contributed by atoms with van der Waals surface area (Å²) in [7, 11) is 2.13. The zero-order valence-electron chi connectivity index (χ0n) is 22.1. The number of carbonyl (C=O) groups is 4. The van der Waals surface area contributed by atoms with Gasteiger partial charge in [-0.1, -0.05) is 39.3 Å². The summed E-state index contributed by atoms with van der Waals surface area (Å²) in [4.78, 5) is 50.7. The van der Waals surface area contributed by atoms with Crippen LogP contribution in [0.3, 0.4) is 0 Å². The second kappa shape index (κ2) is 13.4. The number of rotatable bonds is 11. The average Bonchev–Trinajstić information content (AvgIpc) is 3.01. The van der Waals surface area contributed by atoms with Crippen LogP contribution in [0.25, 0.3) is 0 Å². The molecule has 3 unspecified atom stereocenters. The maximum absolute atomic E-state index is 13.0. The maximum atomic E-state index is 13.0. The first kappa shape index (κ1) is 29.3. The summed E-state index contributed by atoms with van der Waals surface area (Å²) in [5.41, 5.74) is 1.09. The Hall–Kier alpha value is -2.94. The molecule has 3 N–H and O–H groups in total. The number of hydrogen-bond donors (Lipinski definition) is 3. The van der Waals surface area contributed by atoms with Crippen molar-refractivity contribution in [2.75, 3.05) is 20.1 Å². The van der Waals surface area contributed by atoms with Gasteiger partial charge in [-0.3, -0.25) is 9.59 Å². The number of carbonyl (C=O) groups excluding carboxylic acids is 3. The second-order valence-electron chi connectivity index (χ2n) is 10.2. The third kappa shape index (κ3) is 8.33. The summed E-state index contributed by atoms with van der Waals surface area (Å²) in [6.45, 7) is 8.85. The van der Waals surface area contributed by atoms with Crippen LogP contribution in [0, 0.1) is 5.92 Å². The van der Waals surface area contributed by atoms with Gasteiger partial charge in [0.2, 0.25) is 11.8 Å². The number of aliphatic carboxylic acids is 1. The number of likely N-dealkylation sites (tertiary alicyclic amines) is 1. The highest BCUT2D eigenvalue weighted by Gasteiger charge is 2.34.